The van der Waals surface area contributed by atoms with E-state index in [0.29, 0.717) is 0 Å². The molecule has 0 aliphatic heterocycles. The van der Waals surface area contributed by atoms with Crippen LogP contribution in [0.4, 0.5) is 0 Å². The fourth-order valence-corrected chi connectivity index (χ4v) is 2.01. The number of H-pyrrole nitrogens is 1. The molecule has 1 heterocycles. The molecule has 0 atom stereocenters. The van der Waals surface area contributed by atoms with Gasteiger partial charge in [0.25, 0.3) is 0 Å². The van der Waals surface area contributed by atoms with Crippen molar-refractivity contribution in [2.24, 2.45) is 0 Å². The summed E-state index contributed by atoms with van der Waals surface area (Å²) in [5.41, 5.74) is 1.24. The smallest absolute Gasteiger partial charge is 0.103 e. The zero-order valence-corrected chi connectivity index (χ0v) is 9.47. The van der Waals surface area contributed by atoms with Crippen molar-refractivity contribution >= 4 is 0 Å². The zero-order chi connectivity index (χ0) is 10.7. The van der Waals surface area contributed by atoms with Crippen LogP contribution in [0.15, 0.2) is 6.20 Å². The van der Waals surface area contributed by atoms with E-state index in [1.807, 2.05) is 13.1 Å². The fourth-order valence-electron chi connectivity index (χ4n) is 2.01. The normalized spacial score (nSPS) is 18.8. The van der Waals surface area contributed by atoms with Gasteiger partial charge < -0.3 is 15.0 Å². The van der Waals surface area contributed by atoms with Crippen molar-refractivity contribution in [2.75, 3.05) is 13.7 Å². The summed E-state index contributed by atoms with van der Waals surface area (Å²) in [6.45, 7) is 3.74. The van der Waals surface area contributed by atoms with Crippen LogP contribution in [0.5, 0.6) is 0 Å². The molecule has 1 aliphatic rings. The van der Waals surface area contributed by atoms with Crippen LogP contribution in [0, 0.1) is 6.92 Å². The molecule has 2 N–H and O–H groups in total. The maximum Gasteiger partial charge on any atom is 0.103 e. The van der Waals surface area contributed by atoms with E-state index in [1.54, 1.807) is 7.11 Å². The van der Waals surface area contributed by atoms with E-state index in [-0.39, 0.29) is 5.60 Å². The Morgan fingerprint density at radius 2 is 2.40 bits per heavy atom. The van der Waals surface area contributed by atoms with E-state index in [2.05, 4.69) is 15.3 Å². The van der Waals surface area contributed by atoms with Crippen LogP contribution in [0.3, 0.4) is 0 Å². The highest BCUT2D eigenvalue weighted by atomic mass is 16.5. The number of aromatic amines is 1. The number of nitrogens with one attached hydrogen (secondary N) is 2. The van der Waals surface area contributed by atoms with Gasteiger partial charge >= 0.3 is 0 Å². The molecular weight excluding hydrogens is 190 g/mol. The lowest BCUT2D eigenvalue weighted by Gasteiger charge is -2.40. The third kappa shape index (κ3) is 2.38. The largest absolute Gasteiger partial charge is 0.377 e. The van der Waals surface area contributed by atoms with Crippen LogP contribution in [-0.4, -0.2) is 29.2 Å². The highest BCUT2D eigenvalue weighted by molar-refractivity contribution is 5.00. The molecule has 1 aromatic rings. The lowest BCUT2D eigenvalue weighted by molar-refractivity contribution is -0.0695. The summed E-state index contributed by atoms with van der Waals surface area (Å²) in [5.74, 6) is 0.969. The van der Waals surface area contributed by atoms with Crippen LogP contribution in [0.25, 0.3) is 0 Å². The van der Waals surface area contributed by atoms with Crippen LogP contribution in [-0.2, 0) is 11.3 Å². The van der Waals surface area contributed by atoms with Crippen LogP contribution < -0.4 is 5.32 Å². The number of hydrogen-bond acceptors (Lipinski definition) is 3. The van der Waals surface area contributed by atoms with Crippen LogP contribution in [0.1, 0.15) is 30.8 Å². The van der Waals surface area contributed by atoms with Gasteiger partial charge in [0.2, 0.25) is 0 Å². The monoisotopic (exact) mass is 209 g/mol. The molecule has 84 valence electrons. The first-order valence-corrected chi connectivity index (χ1v) is 5.50. The van der Waals surface area contributed by atoms with E-state index in [0.717, 1.165) is 24.6 Å². The predicted octanol–water partition coefficient (Wildman–Crippen LogP) is 1.38. The highest BCUT2D eigenvalue weighted by Crippen LogP contribution is 2.34. The molecule has 1 saturated carbocycles. The van der Waals surface area contributed by atoms with Crippen molar-refractivity contribution in [2.45, 2.75) is 38.3 Å². The molecule has 4 heteroatoms. The summed E-state index contributed by atoms with van der Waals surface area (Å²) in [6, 6.07) is 0. The summed E-state index contributed by atoms with van der Waals surface area (Å²) in [5, 5.41) is 3.41. The van der Waals surface area contributed by atoms with E-state index < -0.39 is 0 Å². The summed E-state index contributed by atoms with van der Waals surface area (Å²) in [6.07, 6.45) is 5.53. The fraction of sp³-hybridized carbons (Fsp3) is 0.727. The molecule has 1 fully saturated rings. The highest BCUT2D eigenvalue weighted by Gasteiger charge is 2.36. The molecule has 0 bridgehead atoms. The van der Waals surface area contributed by atoms with Gasteiger partial charge in [-0.25, -0.2) is 4.98 Å². The number of imidazole rings is 1. The maximum absolute atomic E-state index is 5.53. The Morgan fingerprint density at radius 1 is 1.60 bits per heavy atom. The molecule has 2 rings (SSSR count). The van der Waals surface area contributed by atoms with Gasteiger partial charge in [-0.05, 0) is 26.2 Å². The van der Waals surface area contributed by atoms with Crippen molar-refractivity contribution in [1.82, 2.24) is 15.3 Å². The predicted molar refractivity (Wildman–Crippen MR) is 58.6 cm³/mol. The van der Waals surface area contributed by atoms with E-state index in [1.165, 1.54) is 19.3 Å². The van der Waals surface area contributed by atoms with Gasteiger partial charge in [-0.3, -0.25) is 0 Å². The van der Waals surface area contributed by atoms with Gasteiger partial charge in [0.15, 0.2) is 0 Å². The zero-order valence-electron chi connectivity index (χ0n) is 9.47. The van der Waals surface area contributed by atoms with Crippen molar-refractivity contribution in [1.29, 1.82) is 0 Å². The van der Waals surface area contributed by atoms with Crippen molar-refractivity contribution in [3.8, 4) is 0 Å². The number of hydrogen-bond donors (Lipinski definition) is 2. The molecule has 1 aliphatic carbocycles. The van der Waals surface area contributed by atoms with E-state index in [4.69, 9.17) is 4.74 Å². The van der Waals surface area contributed by atoms with Crippen LogP contribution >= 0.6 is 0 Å². The number of methoxy groups -OCH3 is 1. The molecule has 15 heavy (non-hydrogen) atoms. The Bertz CT molecular complexity index is 312. The summed E-state index contributed by atoms with van der Waals surface area (Å²) in [7, 11) is 1.81. The van der Waals surface area contributed by atoms with Gasteiger partial charge in [0, 0.05) is 32.1 Å². The molecule has 0 unspecified atom stereocenters. The van der Waals surface area contributed by atoms with E-state index >= 15 is 0 Å². The second-order valence-corrected chi connectivity index (χ2v) is 4.34. The molecule has 0 saturated heterocycles. The number of rotatable bonds is 5. The van der Waals surface area contributed by atoms with Gasteiger partial charge in [0.1, 0.15) is 5.82 Å². The summed E-state index contributed by atoms with van der Waals surface area (Å²) in [4.78, 5) is 7.36. The molecule has 0 radical (unpaired) electrons. The van der Waals surface area contributed by atoms with Gasteiger partial charge in [-0.1, -0.05) is 0 Å². The lowest BCUT2D eigenvalue weighted by atomic mass is 9.80. The number of aromatic nitrogens is 2. The van der Waals surface area contributed by atoms with Crippen LogP contribution in [0.2, 0.25) is 0 Å². The second-order valence-electron chi connectivity index (χ2n) is 4.34. The van der Waals surface area contributed by atoms with Gasteiger partial charge in [-0.2, -0.15) is 0 Å². The van der Waals surface area contributed by atoms with Crippen molar-refractivity contribution in [3.05, 3.63) is 17.7 Å². The quantitative estimate of drug-likeness (QED) is 0.770. The average Bonchev–Trinajstić information content (AvgIpc) is 2.56. The van der Waals surface area contributed by atoms with E-state index in [9.17, 15) is 0 Å². The average molecular weight is 209 g/mol. The first kappa shape index (κ1) is 10.6. The Morgan fingerprint density at radius 3 is 2.87 bits per heavy atom. The Balaban J connectivity index is 1.74. The summed E-state index contributed by atoms with van der Waals surface area (Å²) < 4.78 is 5.53. The topological polar surface area (TPSA) is 49.9 Å². The first-order chi connectivity index (χ1) is 7.24. The van der Waals surface area contributed by atoms with Crippen molar-refractivity contribution in [3.63, 3.8) is 0 Å². The minimum Gasteiger partial charge on any atom is -0.377 e. The number of aryl methyl sites for hydroxylation is 1. The third-order valence-electron chi connectivity index (χ3n) is 3.22. The molecular formula is C11H19N3O. The minimum absolute atomic E-state index is 0.106. The minimum atomic E-state index is 0.106. The molecule has 0 aromatic carbocycles. The molecule has 0 spiro atoms. The SMILES string of the molecule is COC1(CNCc2cnc(C)[nH]2)CCC1. The van der Waals surface area contributed by atoms with Gasteiger partial charge in [-0.15, -0.1) is 0 Å². The maximum atomic E-state index is 5.53. The second kappa shape index (κ2) is 4.33. The Hall–Kier alpha value is -0.870. The first-order valence-electron chi connectivity index (χ1n) is 5.50. The number of ether oxygens (including phenoxy) is 1. The summed E-state index contributed by atoms with van der Waals surface area (Å²) >= 11 is 0. The lowest BCUT2D eigenvalue weighted by Crippen LogP contribution is -2.47. The molecule has 1 aromatic heterocycles. The molecule has 0 amide bonds. The Kier molecular flexibility index (Phi) is 3.07. The standard InChI is InChI=1S/C11H19N3O/c1-9-13-7-10(14-9)6-12-8-11(15-2)4-3-5-11/h7,12H,3-6,8H2,1-2H3,(H,13,14). The number of nitrogens with zero attached hydrogens (tertiary/aromatic N) is 1. The molecule has 4 nitrogen and oxygen atoms in total. The third-order valence-corrected chi connectivity index (χ3v) is 3.22. The Labute approximate surface area is 90.4 Å². The van der Waals surface area contributed by atoms with Crippen molar-refractivity contribution < 1.29 is 4.74 Å². The van der Waals surface area contributed by atoms with Gasteiger partial charge in [0.05, 0.1) is 5.60 Å².